The number of aryl methyl sites for hydroxylation is 3. The Kier molecular flexibility index (Phi) is 5.62. The molecule has 0 bridgehead atoms. The van der Waals surface area contributed by atoms with Crippen LogP contribution < -0.4 is 10.1 Å². The maximum Gasteiger partial charge on any atom is 0.233 e. The molecule has 130 valence electrons. The summed E-state index contributed by atoms with van der Waals surface area (Å²) >= 11 is 0. The molecule has 0 aliphatic carbocycles. The predicted molar refractivity (Wildman–Crippen MR) is 93.1 cm³/mol. The van der Waals surface area contributed by atoms with Gasteiger partial charge in [-0.15, -0.1) is 0 Å². The number of aromatic nitrogens is 1. The van der Waals surface area contributed by atoms with Crippen molar-refractivity contribution in [1.82, 2.24) is 15.2 Å². The molecular weight excluding hydrogens is 306 g/mol. The summed E-state index contributed by atoms with van der Waals surface area (Å²) in [5.41, 5.74) is 3.87. The highest BCUT2D eigenvalue weighted by Crippen LogP contribution is 2.30. The lowest BCUT2D eigenvalue weighted by atomic mass is 10.0. The summed E-state index contributed by atoms with van der Waals surface area (Å²) in [4.78, 5) is 18.0. The number of oxazole rings is 1. The van der Waals surface area contributed by atoms with E-state index in [9.17, 15) is 4.79 Å². The number of amides is 1. The Morgan fingerprint density at radius 1 is 1.29 bits per heavy atom. The zero-order valence-electron chi connectivity index (χ0n) is 15.2. The van der Waals surface area contributed by atoms with E-state index >= 15 is 0 Å². The molecule has 1 heterocycles. The van der Waals surface area contributed by atoms with Gasteiger partial charge in [-0.3, -0.25) is 9.69 Å². The van der Waals surface area contributed by atoms with E-state index < -0.39 is 0 Å². The number of rotatable bonds is 6. The Bertz CT molecular complexity index is 737. The van der Waals surface area contributed by atoms with Crippen LogP contribution in [0.5, 0.6) is 5.75 Å². The number of carbonyl (C=O) groups is 1. The summed E-state index contributed by atoms with van der Waals surface area (Å²) in [5, 5.41) is 2.62. The van der Waals surface area contributed by atoms with Gasteiger partial charge in [0.2, 0.25) is 11.8 Å². The largest absolute Gasteiger partial charge is 0.496 e. The number of hydrogen-bond acceptors (Lipinski definition) is 5. The predicted octanol–water partition coefficient (Wildman–Crippen LogP) is 2.45. The van der Waals surface area contributed by atoms with E-state index in [2.05, 4.69) is 10.3 Å². The third-order valence-electron chi connectivity index (χ3n) is 3.98. The van der Waals surface area contributed by atoms with Gasteiger partial charge < -0.3 is 14.5 Å². The van der Waals surface area contributed by atoms with Crippen molar-refractivity contribution in [3.63, 3.8) is 0 Å². The quantitative estimate of drug-likeness (QED) is 0.881. The normalized spacial score (nSPS) is 11.0. The first kappa shape index (κ1) is 18.0. The Morgan fingerprint density at radius 3 is 2.62 bits per heavy atom. The van der Waals surface area contributed by atoms with E-state index in [1.807, 2.05) is 44.9 Å². The van der Waals surface area contributed by atoms with Crippen molar-refractivity contribution in [2.45, 2.75) is 27.3 Å². The molecule has 0 spiro atoms. The molecule has 2 rings (SSSR count). The SMILES string of the molecule is CNC(=O)CN(C)Cc1nc(-c2cc(C)c(OC)cc2C)oc1C. The number of likely N-dealkylation sites (N-methyl/N-ethyl adjacent to an activating group) is 2. The van der Waals surface area contributed by atoms with Crippen molar-refractivity contribution in [2.75, 3.05) is 27.7 Å². The summed E-state index contributed by atoms with van der Waals surface area (Å²) in [7, 11) is 5.17. The first-order chi connectivity index (χ1) is 11.3. The Labute approximate surface area is 142 Å². The number of carbonyl (C=O) groups excluding carboxylic acids is 1. The second-order valence-corrected chi connectivity index (χ2v) is 6.00. The fraction of sp³-hybridized carbons (Fsp3) is 0.444. The number of methoxy groups -OCH3 is 1. The standard InChI is InChI=1S/C18H25N3O3/c1-11-8-16(23-6)12(2)7-14(11)18-20-15(13(3)24-18)9-21(5)10-17(22)19-4/h7-8H,9-10H2,1-6H3,(H,19,22). The van der Waals surface area contributed by atoms with Crippen LogP contribution in [0.25, 0.3) is 11.5 Å². The Morgan fingerprint density at radius 2 is 2.00 bits per heavy atom. The number of ether oxygens (including phenoxy) is 1. The minimum absolute atomic E-state index is 0.0273. The average Bonchev–Trinajstić information content (AvgIpc) is 2.89. The van der Waals surface area contributed by atoms with Crippen LogP contribution in [0.4, 0.5) is 0 Å². The molecule has 0 unspecified atom stereocenters. The molecule has 0 radical (unpaired) electrons. The van der Waals surface area contributed by atoms with Crippen LogP contribution in [0.2, 0.25) is 0 Å². The molecule has 0 atom stereocenters. The molecule has 0 aliphatic heterocycles. The van der Waals surface area contributed by atoms with Crippen LogP contribution >= 0.6 is 0 Å². The van der Waals surface area contributed by atoms with Crippen LogP contribution in [0, 0.1) is 20.8 Å². The number of hydrogen-bond donors (Lipinski definition) is 1. The zero-order chi connectivity index (χ0) is 17.9. The first-order valence-electron chi connectivity index (χ1n) is 7.86. The second-order valence-electron chi connectivity index (χ2n) is 6.00. The van der Waals surface area contributed by atoms with Gasteiger partial charge in [0.15, 0.2) is 0 Å². The molecule has 1 aromatic heterocycles. The van der Waals surface area contributed by atoms with Gasteiger partial charge in [0.25, 0.3) is 0 Å². The van der Waals surface area contributed by atoms with Gasteiger partial charge in [0.1, 0.15) is 11.5 Å². The maximum absolute atomic E-state index is 11.5. The Balaban J connectivity index is 2.26. The summed E-state index contributed by atoms with van der Waals surface area (Å²) in [6, 6.07) is 4.01. The molecule has 24 heavy (non-hydrogen) atoms. The van der Waals surface area contributed by atoms with E-state index in [0.29, 0.717) is 19.0 Å². The lowest BCUT2D eigenvalue weighted by molar-refractivity contribution is -0.121. The monoisotopic (exact) mass is 331 g/mol. The highest BCUT2D eigenvalue weighted by molar-refractivity contribution is 5.77. The van der Waals surface area contributed by atoms with Crippen molar-refractivity contribution in [3.8, 4) is 17.2 Å². The molecule has 6 nitrogen and oxygen atoms in total. The summed E-state index contributed by atoms with van der Waals surface area (Å²) < 4.78 is 11.2. The Hall–Kier alpha value is -2.34. The molecule has 6 heteroatoms. The number of nitrogens with one attached hydrogen (secondary N) is 1. The molecule has 1 amide bonds. The zero-order valence-corrected chi connectivity index (χ0v) is 15.2. The van der Waals surface area contributed by atoms with Crippen LogP contribution in [0.15, 0.2) is 16.5 Å². The molecule has 0 saturated heterocycles. The van der Waals surface area contributed by atoms with E-state index in [4.69, 9.17) is 9.15 Å². The molecule has 0 aliphatic rings. The second kappa shape index (κ2) is 7.49. The summed E-state index contributed by atoms with van der Waals surface area (Å²) in [5.74, 6) is 2.19. The van der Waals surface area contributed by atoms with Crippen molar-refractivity contribution >= 4 is 5.91 Å². The smallest absolute Gasteiger partial charge is 0.233 e. The lowest BCUT2D eigenvalue weighted by Crippen LogP contribution is -2.32. The third-order valence-corrected chi connectivity index (χ3v) is 3.98. The molecule has 1 N–H and O–H groups in total. The third kappa shape index (κ3) is 3.94. The van der Waals surface area contributed by atoms with E-state index in [0.717, 1.165) is 33.9 Å². The van der Waals surface area contributed by atoms with Gasteiger partial charge in [0, 0.05) is 19.2 Å². The topological polar surface area (TPSA) is 67.6 Å². The van der Waals surface area contributed by atoms with Gasteiger partial charge in [-0.05, 0) is 51.1 Å². The van der Waals surface area contributed by atoms with E-state index in [-0.39, 0.29) is 5.91 Å². The van der Waals surface area contributed by atoms with Gasteiger partial charge in [0.05, 0.1) is 19.3 Å². The minimum Gasteiger partial charge on any atom is -0.496 e. The summed E-state index contributed by atoms with van der Waals surface area (Å²) in [6.07, 6.45) is 0. The van der Waals surface area contributed by atoms with Crippen LogP contribution in [0.1, 0.15) is 22.6 Å². The van der Waals surface area contributed by atoms with Gasteiger partial charge in [-0.1, -0.05) is 0 Å². The van der Waals surface area contributed by atoms with Crippen molar-refractivity contribution in [3.05, 3.63) is 34.7 Å². The van der Waals surface area contributed by atoms with Crippen molar-refractivity contribution in [1.29, 1.82) is 0 Å². The van der Waals surface area contributed by atoms with Gasteiger partial charge in [-0.2, -0.15) is 0 Å². The highest BCUT2D eigenvalue weighted by Gasteiger charge is 2.17. The van der Waals surface area contributed by atoms with Crippen LogP contribution in [0.3, 0.4) is 0 Å². The van der Waals surface area contributed by atoms with Gasteiger partial charge >= 0.3 is 0 Å². The van der Waals surface area contributed by atoms with E-state index in [1.54, 1.807) is 14.2 Å². The first-order valence-corrected chi connectivity index (χ1v) is 7.86. The summed E-state index contributed by atoms with van der Waals surface area (Å²) in [6.45, 7) is 6.77. The van der Waals surface area contributed by atoms with E-state index in [1.165, 1.54) is 0 Å². The fourth-order valence-corrected chi connectivity index (χ4v) is 2.57. The van der Waals surface area contributed by atoms with Crippen molar-refractivity contribution < 1.29 is 13.9 Å². The molecule has 1 aromatic carbocycles. The fourth-order valence-electron chi connectivity index (χ4n) is 2.57. The number of benzene rings is 1. The molecular formula is C18H25N3O3. The highest BCUT2D eigenvalue weighted by atomic mass is 16.5. The van der Waals surface area contributed by atoms with Crippen molar-refractivity contribution in [2.24, 2.45) is 0 Å². The van der Waals surface area contributed by atoms with Crippen LogP contribution in [-0.2, 0) is 11.3 Å². The van der Waals surface area contributed by atoms with Crippen LogP contribution in [-0.4, -0.2) is 43.5 Å². The maximum atomic E-state index is 11.5. The van der Waals surface area contributed by atoms with Gasteiger partial charge in [-0.25, -0.2) is 4.98 Å². The minimum atomic E-state index is -0.0273. The lowest BCUT2D eigenvalue weighted by Gasteiger charge is -2.13. The number of nitrogens with zero attached hydrogens (tertiary/aromatic N) is 2. The molecule has 0 saturated carbocycles. The molecule has 0 fully saturated rings. The molecule has 2 aromatic rings. The average molecular weight is 331 g/mol.